The van der Waals surface area contributed by atoms with Crippen LogP contribution in [0.5, 0.6) is 5.75 Å². The smallest absolute Gasteiger partial charge is 0.223 e. The molecule has 1 aromatic rings. The summed E-state index contributed by atoms with van der Waals surface area (Å²) >= 11 is 0. The summed E-state index contributed by atoms with van der Waals surface area (Å²) in [5, 5.41) is 0. The topological polar surface area (TPSA) is 46.6 Å². The molecular weight excluding hydrogens is 266 g/mol. The molecular formula is C17H25NO3. The lowest BCUT2D eigenvalue weighted by Crippen LogP contribution is -2.32. The third-order valence-electron chi connectivity index (χ3n) is 3.30. The molecule has 0 saturated heterocycles. The fourth-order valence-corrected chi connectivity index (χ4v) is 2.22. The van der Waals surface area contributed by atoms with Crippen LogP contribution in [0.2, 0.25) is 0 Å². The van der Waals surface area contributed by atoms with Crippen molar-refractivity contribution in [3.8, 4) is 5.75 Å². The van der Waals surface area contributed by atoms with Crippen LogP contribution in [0.1, 0.15) is 49.9 Å². The number of benzene rings is 1. The van der Waals surface area contributed by atoms with E-state index in [1.165, 1.54) is 0 Å². The fourth-order valence-electron chi connectivity index (χ4n) is 2.22. The van der Waals surface area contributed by atoms with Crippen molar-refractivity contribution in [1.29, 1.82) is 0 Å². The minimum Gasteiger partial charge on any atom is -0.497 e. The Morgan fingerprint density at radius 1 is 1.10 bits per heavy atom. The number of carbonyl (C=O) groups is 2. The minimum absolute atomic E-state index is 0.0183. The van der Waals surface area contributed by atoms with Crippen molar-refractivity contribution >= 4 is 11.7 Å². The number of ketones is 1. The molecule has 0 spiro atoms. The normalized spacial score (nSPS) is 10.2. The Morgan fingerprint density at radius 2 is 1.76 bits per heavy atom. The first-order valence-electron chi connectivity index (χ1n) is 7.57. The first-order valence-corrected chi connectivity index (χ1v) is 7.57. The molecule has 0 atom stereocenters. The van der Waals surface area contributed by atoms with Crippen LogP contribution in [0.4, 0.5) is 0 Å². The van der Waals surface area contributed by atoms with Gasteiger partial charge in [0.1, 0.15) is 5.75 Å². The van der Waals surface area contributed by atoms with Gasteiger partial charge in [0.05, 0.1) is 7.11 Å². The number of carbonyl (C=O) groups excluding carboxylic acids is 2. The van der Waals surface area contributed by atoms with Crippen molar-refractivity contribution in [3.63, 3.8) is 0 Å². The first kappa shape index (κ1) is 17.2. The van der Waals surface area contributed by atoms with Gasteiger partial charge < -0.3 is 9.64 Å². The van der Waals surface area contributed by atoms with Crippen LogP contribution >= 0.6 is 0 Å². The molecule has 0 heterocycles. The number of ether oxygens (including phenoxy) is 1. The third kappa shape index (κ3) is 5.58. The molecule has 0 unspecified atom stereocenters. The minimum atomic E-state index is -0.0183. The van der Waals surface area contributed by atoms with Crippen molar-refractivity contribution < 1.29 is 14.3 Å². The Kier molecular flexibility index (Phi) is 7.51. The number of amides is 1. The largest absolute Gasteiger partial charge is 0.497 e. The van der Waals surface area contributed by atoms with Crippen molar-refractivity contribution in [2.24, 2.45) is 0 Å². The predicted octanol–water partition coefficient (Wildman–Crippen LogP) is 3.31. The number of rotatable bonds is 9. The molecule has 0 saturated carbocycles. The highest BCUT2D eigenvalue weighted by molar-refractivity contribution is 5.98. The molecule has 1 rings (SSSR count). The summed E-state index contributed by atoms with van der Waals surface area (Å²) in [7, 11) is 1.57. The second kappa shape index (κ2) is 9.16. The lowest BCUT2D eigenvalue weighted by atomic mass is 10.1. The van der Waals surface area contributed by atoms with Gasteiger partial charge in [-0.2, -0.15) is 0 Å². The molecule has 4 nitrogen and oxygen atoms in total. The molecule has 0 bridgehead atoms. The van der Waals surface area contributed by atoms with Gasteiger partial charge in [-0.1, -0.05) is 26.0 Å². The Labute approximate surface area is 127 Å². The van der Waals surface area contributed by atoms with Gasteiger partial charge in [0.15, 0.2) is 5.78 Å². The molecule has 0 radical (unpaired) electrons. The first-order chi connectivity index (χ1) is 10.1. The van der Waals surface area contributed by atoms with Gasteiger partial charge in [-0.3, -0.25) is 9.59 Å². The van der Waals surface area contributed by atoms with Crippen LogP contribution < -0.4 is 4.74 Å². The summed E-state index contributed by atoms with van der Waals surface area (Å²) in [4.78, 5) is 26.1. The average Bonchev–Trinajstić information content (AvgIpc) is 2.52. The zero-order valence-electron chi connectivity index (χ0n) is 13.2. The van der Waals surface area contributed by atoms with Gasteiger partial charge in [-0.15, -0.1) is 0 Å². The van der Waals surface area contributed by atoms with E-state index in [9.17, 15) is 9.59 Å². The molecule has 0 aliphatic carbocycles. The highest BCUT2D eigenvalue weighted by Crippen LogP contribution is 2.15. The molecule has 4 heteroatoms. The molecule has 0 aliphatic heterocycles. The van der Waals surface area contributed by atoms with E-state index in [1.807, 2.05) is 4.90 Å². The lowest BCUT2D eigenvalue weighted by Gasteiger charge is -2.21. The van der Waals surface area contributed by atoms with E-state index in [-0.39, 0.29) is 24.5 Å². The summed E-state index contributed by atoms with van der Waals surface area (Å²) in [6.07, 6.45) is 2.40. The van der Waals surface area contributed by atoms with E-state index in [0.29, 0.717) is 11.3 Å². The molecule has 0 aromatic heterocycles. The van der Waals surface area contributed by atoms with E-state index >= 15 is 0 Å². The monoisotopic (exact) mass is 291 g/mol. The van der Waals surface area contributed by atoms with Crippen molar-refractivity contribution in [1.82, 2.24) is 4.90 Å². The van der Waals surface area contributed by atoms with Crippen molar-refractivity contribution in [2.75, 3.05) is 20.2 Å². The molecule has 1 amide bonds. The summed E-state index contributed by atoms with van der Waals surface area (Å²) < 4.78 is 5.11. The second-order valence-electron chi connectivity index (χ2n) is 5.04. The molecule has 1 aromatic carbocycles. The van der Waals surface area contributed by atoms with Gasteiger partial charge in [-0.05, 0) is 25.0 Å². The van der Waals surface area contributed by atoms with Gasteiger partial charge in [0.25, 0.3) is 0 Å². The van der Waals surface area contributed by atoms with Crippen LogP contribution in [0.3, 0.4) is 0 Å². The molecule has 116 valence electrons. The maximum Gasteiger partial charge on any atom is 0.223 e. The summed E-state index contributed by atoms with van der Waals surface area (Å²) in [5.74, 6) is 0.705. The van der Waals surface area contributed by atoms with Crippen LogP contribution in [0, 0.1) is 0 Å². The van der Waals surface area contributed by atoms with Gasteiger partial charge in [0, 0.05) is 31.5 Å². The number of nitrogens with zero attached hydrogens (tertiary/aromatic N) is 1. The SMILES string of the molecule is CCCN(CCC)C(=O)CCC(=O)c1cccc(OC)c1. The van der Waals surface area contributed by atoms with Gasteiger partial charge in [0.2, 0.25) is 5.91 Å². The maximum atomic E-state index is 12.1. The molecule has 21 heavy (non-hydrogen) atoms. The van der Waals surface area contributed by atoms with E-state index in [2.05, 4.69) is 13.8 Å². The average molecular weight is 291 g/mol. The van der Waals surface area contributed by atoms with E-state index < -0.39 is 0 Å². The Morgan fingerprint density at radius 3 is 2.33 bits per heavy atom. The van der Waals surface area contributed by atoms with Gasteiger partial charge >= 0.3 is 0 Å². The quantitative estimate of drug-likeness (QED) is 0.656. The van der Waals surface area contributed by atoms with Crippen molar-refractivity contribution in [3.05, 3.63) is 29.8 Å². The lowest BCUT2D eigenvalue weighted by molar-refractivity contribution is -0.131. The summed E-state index contributed by atoms with van der Waals surface area (Å²) in [5.41, 5.74) is 0.597. The Bertz CT molecular complexity index is 465. The Balaban J connectivity index is 2.56. The predicted molar refractivity (Wildman–Crippen MR) is 83.7 cm³/mol. The molecule has 0 N–H and O–H groups in total. The maximum absolute atomic E-state index is 12.1. The highest BCUT2D eigenvalue weighted by Gasteiger charge is 2.14. The second-order valence-corrected chi connectivity index (χ2v) is 5.04. The molecule has 0 aliphatic rings. The summed E-state index contributed by atoms with van der Waals surface area (Å²) in [6, 6.07) is 7.05. The number of hydrogen-bond acceptors (Lipinski definition) is 3. The summed E-state index contributed by atoms with van der Waals surface area (Å²) in [6.45, 7) is 5.63. The molecule has 0 fully saturated rings. The van der Waals surface area contributed by atoms with E-state index in [4.69, 9.17) is 4.74 Å². The van der Waals surface area contributed by atoms with Crippen molar-refractivity contribution in [2.45, 2.75) is 39.5 Å². The zero-order valence-corrected chi connectivity index (χ0v) is 13.2. The zero-order chi connectivity index (χ0) is 15.7. The van der Waals surface area contributed by atoms with E-state index in [1.54, 1.807) is 31.4 Å². The Hall–Kier alpha value is -1.84. The van der Waals surface area contributed by atoms with Crippen LogP contribution in [0.15, 0.2) is 24.3 Å². The number of methoxy groups -OCH3 is 1. The highest BCUT2D eigenvalue weighted by atomic mass is 16.5. The van der Waals surface area contributed by atoms with Crippen LogP contribution in [-0.2, 0) is 4.79 Å². The number of Topliss-reactive ketones (excluding diaryl/α,β-unsaturated/α-hetero) is 1. The number of hydrogen-bond donors (Lipinski definition) is 0. The van der Waals surface area contributed by atoms with Crippen LogP contribution in [0.25, 0.3) is 0 Å². The van der Waals surface area contributed by atoms with Crippen LogP contribution in [-0.4, -0.2) is 36.8 Å². The van der Waals surface area contributed by atoms with Gasteiger partial charge in [-0.25, -0.2) is 0 Å². The standard InChI is InChI=1S/C17H25NO3/c1-4-11-18(12-5-2)17(20)10-9-16(19)14-7-6-8-15(13-14)21-3/h6-8,13H,4-5,9-12H2,1-3H3. The fraction of sp³-hybridized carbons (Fsp3) is 0.529. The van der Waals surface area contributed by atoms with E-state index in [0.717, 1.165) is 25.9 Å². The third-order valence-corrected chi connectivity index (χ3v) is 3.30.